The number of rotatable bonds is 2. The third-order valence-corrected chi connectivity index (χ3v) is 3.52. The molecule has 2 aromatic rings. The summed E-state index contributed by atoms with van der Waals surface area (Å²) in [7, 11) is 0. The van der Waals surface area contributed by atoms with E-state index in [1.807, 2.05) is 31.2 Å². The Balaban J connectivity index is 1.99. The van der Waals surface area contributed by atoms with E-state index in [4.69, 9.17) is 0 Å². The van der Waals surface area contributed by atoms with Crippen molar-refractivity contribution in [2.75, 3.05) is 5.32 Å². The Kier molecular flexibility index (Phi) is 3.03. The molecule has 1 heterocycles. The molecular formula is C16H14FNO2. The Morgan fingerprint density at radius 2 is 1.90 bits per heavy atom. The average Bonchev–Trinajstić information content (AvgIpc) is 2.80. The van der Waals surface area contributed by atoms with Crippen molar-refractivity contribution >= 4 is 11.6 Å². The number of aliphatic hydroxyl groups excluding tert-OH is 1. The largest absolute Gasteiger partial charge is 0.384 e. The van der Waals surface area contributed by atoms with E-state index in [-0.39, 0.29) is 18.0 Å². The Morgan fingerprint density at radius 1 is 1.20 bits per heavy atom. The van der Waals surface area contributed by atoms with E-state index in [0.29, 0.717) is 16.7 Å². The van der Waals surface area contributed by atoms with Crippen molar-refractivity contribution in [1.82, 2.24) is 0 Å². The molecule has 1 amide bonds. The molecule has 1 aliphatic rings. The molecule has 2 N–H and O–H groups in total. The molecule has 0 saturated carbocycles. The van der Waals surface area contributed by atoms with Crippen molar-refractivity contribution in [3.63, 3.8) is 0 Å². The minimum absolute atomic E-state index is 0.153. The van der Waals surface area contributed by atoms with Crippen molar-refractivity contribution in [2.45, 2.75) is 19.4 Å². The maximum absolute atomic E-state index is 13.9. The van der Waals surface area contributed by atoms with Gasteiger partial charge >= 0.3 is 0 Å². The zero-order valence-corrected chi connectivity index (χ0v) is 11.0. The maximum Gasteiger partial charge on any atom is 0.228 e. The van der Waals surface area contributed by atoms with Crippen molar-refractivity contribution in [3.05, 3.63) is 64.5 Å². The highest BCUT2D eigenvalue weighted by Gasteiger charge is 2.24. The van der Waals surface area contributed by atoms with Crippen LogP contribution in [0, 0.1) is 12.7 Å². The molecule has 3 nitrogen and oxygen atoms in total. The first-order valence-electron chi connectivity index (χ1n) is 6.41. The van der Waals surface area contributed by atoms with Crippen LogP contribution < -0.4 is 5.32 Å². The topological polar surface area (TPSA) is 49.3 Å². The lowest BCUT2D eigenvalue weighted by Crippen LogP contribution is -2.04. The van der Waals surface area contributed by atoms with Crippen molar-refractivity contribution < 1.29 is 14.3 Å². The van der Waals surface area contributed by atoms with Gasteiger partial charge in [-0.1, -0.05) is 35.9 Å². The van der Waals surface area contributed by atoms with Gasteiger partial charge in [-0.25, -0.2) is 4.39 Å². The van der Waals surface area contributed by atoms with E-state index in [1.54, 1.807) is 6.07 Å². The molecule has 0 spiro atoms. The number of aryl methyl sites for hydroxylation is 1. The van der Waals surface area contributed by atoms with E-state index in [9.17, 15) is 14.3 Å². The molecule has 3 rings (SSSR count). The van der Waals surface area contributed by atoms with Crippen LogP contribution in [0.1, 0.15) is 28.4 Å². The monoisotopic (exact) mass is 271 g/mol. The molecule has 1 aliphatic heterocycles. The van der Waals surface area contributed by atoms with Gasteiger partial charge in [0.15, 0.2) is 0 Å². The number of amides is 1. The van der Waals surface area contributed by atoms with Gasteiger partial charge in [-0.2, -0.15) is 0 Å². The smallest absolute Gasteiger partial charge is 0.228 e. The van der Waals surface area contributed by atoms with Gasteiger partial charge in [-0.05, 0) is 29.7 Å². The summed E-state index contributed by atoms with van der Waals surface area (Å²) in [5.41, 5.74) is 3.08. The Labute approximate surface area is 116 Å². The van der Waals surface area contributed by atoms with Crippen LogP contribution in [-0.4, -0.2) is 11.0 Å². The molecule has 0 bridgehead atoms. The van der Waals surface area contributed by atoms with Crippen LogP contribution in [0.2, 0.25) is 0 Å². The van der Waals surface area contributed by atoms with Gasteiger partial charge in [0.2, 0.25) is 5.91 Å². The third-order valence-electron chi connectivity index (χ3n) is 3.52. The fourth-order valence-corrected chi connectivity index (χ4v) is 2.42. The molecular weight excluding hydrogens is 257 g/mol. The molecule has 1 unspecified atom stereocenters. The van der Waals surface area contributed by atoms with Crippen molar-refractivity contribution in [1.29, 1.82) is 0 Å². The summed E-state index contributed by atoms with van der Waals surface area (Å²) >= 11 is 0. The minimum atomic E-state index is -0.897. The molecule has 0 saturated heterocycles. The minimum Gasteiger partial charge on any atom is -0.384 e. The molecule has 20 heavy (non-hydrogen) atoms. The standard InChI is InChI=1S/C16H14FNO2/c1-9-2-4-10(5-3-9)16(20)12-6-11-8-14(19)18-15(11)13(17)7-12/h2-7,16,20H,8H2,1H3,(H,18,19). The van der Waals surface area contributed by atoms with Crippen LogP contribution in [0.25, 0.3) is 0 Å². The number of fused-ring (bicyclic) bond motifs is 1. The first-order valence-corrected chi connectivity index (χ1v) is 6.41. The second kappa shape index (κ2) is 4.72. The first-order chi connectivity index (χ1) is 9.54. The van der Waals surface area contributed by atoms with E-state index in [1.165, 1.54) is 6.07 Å². The lowest BCUT2D eigenvalue weighted by atomic mass is 9.98. The molecule has 102 valence electrons. The predicted octanol–water partition coefficient (Wildman–Crippen LogP) is 2.71. The quantitative estimate of drug-likeness (QED) is 0.882. The van der Waals surface area contributed by atoms with E-state index in [0.717, 1.165) is 5.56 Å². The van der Waals surface area contributed by atoms with Crippen LogP contribution in [0.15, 0.2) is 36.4 Å². The molecule has 2 aromatic carbocycles. The van der Waals surface area contributed by atoms with Crippen LogP contribution in [-0.2, 0) is 11.2 Å². The second-order valence-corrected chi connectivity index (χ2v) is 5.08. The van der Waals surface area contributed by atoms with Gasteiger partial charge in [0.1, 0.15) is 11.9 Å². The highest BCUT2D eigenvalue weighted by molar-refractivity contribution is 5.99. The summed E-state index contributed by atoms with van der Waals surface area (Å²) in [5.74, 6) is -0.726. The zero-order chi connectivity index (χ0) is 14.3. The van der Waals surface area contributed by atoms with E-state index < -0.39 is 11.9 Å². The second-order valence-electron chi connectivity index (χ2n) is 5.08. The summed E-state index contributed by atoms with van der Waals surface area (Å²) in [4.78, 5) is 11.3. The van der Waals surface area contributed by atoms with Crippen molar-refractivity contribution in [2.24, 2.45) is 0 Å². The Bertz CT molecular complexity index is 680. The fraction of sp³-hybridized carbons (Fsp3) is 0.188. The number of hydrogen-bond donors (Lipinski definition) is 2. The van der Waals surface area contributed by atoms with Crippen LogP contribution >= 0.6 is 0 Å². The summed E-state index contributed by atoms with van der Waals surface area (Å²) in [6.07, 6.45) is -0.744. The summed E-state index contributed by atoms with van der Waals surface area (Å²) in [6.45, 7) is 1.96. The molecule has 0 fully saturated rings. The summed E-state index contributed by atoms with van der Waals surface area (Å²) < 4.78 is 13.9. The molecule has 1 atom stereocenters. The molecule has 0 radical (unpaired) electrons. The highest BCUT2D eigenvalue weighted by Crippen LogP contribution is 2.31. The van der Waals surface area contributed by atoms with Crippen LogP contribution in [0.4, 0.5) is 10.1 Å². The number of aliphatic hydroxyl groups is 1. The normalized spacial score (nSPS) is 14.8. The van der Waals surface area contributed by atoms with E-state index >= 15 is 0 Å². The summed E-state index contributed by atoms with van der Waals surface area (Å²) in [5, 5.41) is 12.8. The third kappa shape index (κ3) is 2.18. The Morgan fingerprint density at radius 3 is 2.60 bits per heavy atom. The highest BCUT2D eigenvalue weighted by atomic mass is 19.1. The molecule has 0 aliphatic carbocycles. The number of hydrogen-bond acceptors (Lipinski definition) is 2. The van der Waals surface area contributed by atoms with E-state index in [2.05, 4.69) is 5.32 Å². The summed E-state index contributed by atoms with van der Waals surface area (Å²) in [6, 6.07) is 10.4. The van der Waals surface area contributed by atoms with Gasteiger partial charge < -0.3 is 10.4 Å². The fourth-order valence-electron chi connectivity index (χ4n) is 2.42. The maximum atomic E-state index is 13.9. The lowest BCUT2D eigenvalue weighted by molar-refractivity contribution is -0.115. The van der Waals surface area contributed by atoms with Gasteiger partial charge in [0.05, 0.1) is 12.1 Å². The predicted molar refractivity (Wildman–Crippen MR) is 74.0 cm³/mol. The number of halogens is 1. The molecule has 4 heteroatoms. The zero-order valence-electron chi connectivity index (χ0n) is 11.0. The van der Waals surface area contributed by atoms with Gasteiger partial charge in [-0.15, -0.1) is 0 Å². The van der Waals surface area contributed by atoms with Crippen molar-refractivity contribution in [3.8, 4) is 0 Å². The number of carbonyl (C=O) groups excluding carboxylic acids is 1. The number of carbonyl (C=O) groups is 1. The van der Waals surface area contributed by atoms with Crippen LogP contribution in [0.3, 0.4) is 0 Å². The first kappa shape index (κ1) is 12.8. The lowest BCUT2D eigenvalue weighted by Gasteiger charge is -2.13. The number of nitrogens with one attached hydrogen (secondary N) is 1. The van der Waals surface area contributed by atoms with Gasteiger partial charge in [0.25, 0.3) is 0 Å². The average molecular weight is 271 g/mol. The van der Waals surface area contributed by atoms with Gasteiger partial charge in [0, 0.05) is 0 Å². The Hall–Kier alpha value is -2.20. The SMILES string of the molecule is Cc1ccc(C(O)c2cc(F)c3c(c2)CC(=O)N3)cc1. The number of anilines is 1. The van der Waals surface area contributed by atoms with Gasteiger partial charge in [-0.3, -0.25) is 4.79 Å². The van der Waals surface area contributed by atoms with Crippen LogP contribution in [0.5, 0.6) is 0 Å². The number of benzene rings is 2. The molecule has 0 aromatic heterocycles.